The number of benzene rings is 2. The average Bonchev–Trinajstić information content (AvgIpc) is 2.37. The van der Waals surface area contributed by atoms with E-state index < -0.39 is 11.9 Å². The summed E-state index contributed by atoms with van der Waals surface area (Å²) in [6, 6.07) is 13.2. The van der Waals surface area contributed by atoms with Crippen LogP contribution in [0.1, 0.15) is 17.0 Å². The molecule has 4 heteroatoms. The molecule has 0 saturated heterocycles. The summed E-state index contributed by atoms with van der Waals surface area (Å²) in [5.41, 5.74) is 1.38. The maximum absolute atomic E-state index is 13.1. The van der Waals surface area contributed by atoms with Gasteiger partial charge in [0, 0.05) is 4.47 Å². The molecule has 2 aromatic carbocycles. The Kier molecular flexibility index (Phi) is 4.32. The number of carbonyl (C=O) groups is 1. The molecule has 0 amide bonds. The third-order valence-corrected chi connectivity index (χ3v) is 3.43. The molecule has 0 aliphatic heterocycles. The molecule has 1 N–H and O–H groups in total. The predicted octanol–water partition coefficient (Wildman–Crippen LogP) is 4.00. The van der Waals surface area contributed by atoms with Crippen LogP contribution in [0, 0.1) is 5.82 Å². The van der Waals surface area contributed by atoms with Crippen molar-refractivity contribution in [3.63, 3.8) is 0 Å². The van der Waals surface area contributed by atoms with Crippen LogP contribution in [0.5, 0.6) is 0 Å². The fourth-order valence-electron chi connectivity index (χ4n) is 1.94. The van der Waals surface area contributed by atoms with Gasteiger partial charge >= 0.3 is 5.97 Å². The normalized spacial score (nSPS) is 12.1. The highest BCUT2D eigenvalue weighted by Gasteiger charge is 2.20. The Labute approximate surface area is 119 Å². The summed E-state index contributed by atoms with van der Waals surface area (Å²) >= 11 is 3.31. The zero-order valence-corrected chi connectivity index (χ0v) is 11.6. The van der Waals surface area contributed by atoms with Crippen molar-refractivity contribution in [2.45, 2.75) is 12.3 Å². The second kappa shape index (κ2) is 5.97. The van der Waals surface area contributed by atoms with Gasteiger partial charge in [-0.3, -0.25) is 4.79 Å². The Morgan fingerprint density at radius 1 is 1.21 bits per heavy atom. The van der Waals surface area contributed by atoms with Crippen LogP contribution in [0.25, 0.3) is 0 Å². The summed E-state index contributed by atoms with van der Waals surface area (Å²) < 4.78 is 14.0. The second-order valence-corrected chi connectivity index (χ2v) is 5.19. The summed E-state index contributed by atoms with van der Waals surface area (Å²) in [4.78, 5) is 11.4. The monoisotopic (exact) mass is 322 g/mol. The van der Waals surface area contributed by atoms with Crippen molar-refractivity contribution in [1.29, 1.82) is 0 Å². The summed E-state index contributed by atoms with van der Waals surface area (Å²) in [6.45, 7) is 0. The Hall–Kier alpha value is -1.68. The van der Waals surface area contributed by atoms with Crippen LogP contribution >= 0.6 is 15.9 Å². The van der Waals surface area contributed by atoms with E-state index in [9.17, 15) is 14.3 Å². The number of carboxylic acid groups (broad SMARTS) is 1. The molecule has 0 saturated carbocycles. The molecule has 2 nitrogen and oxygen atoms in total. The van der Waals surface area contributed by atoms with E-state index in [4.69, 9.17) is 0 Å². The first-order valence-corrected chi connectivity index (χ1v) is 6.58. The number of hydrogen-bond donors (Lipinski definition) is 1. The maximum atomic E-state index is 13.1. The van der Waals surface area contributed by atoms with E-state index in [0.717, 1.165) is 4.47 Å². The highest BCUT2D eigenvalue weighted by molar-refractivity contribution is 9.10. The first-order chi connectivity index (χ1) is 9.06. The number of hydrogen-bond acceptors (Lipinski definition) is 1. The van der Waals surface area contributed by atoms with Gasteiger partial charge in [0.1, 0.15) is 5.82 Å². The first kappa shape index (κ1) is 13.7. The van der Waals surface area contributed by atoms with E-state index in [0.29, 0.717) is 11.1 Å². The number of rotatable bonds is 4. The van der Waals surface area contributed by atoms with Gasteiger partial charge in [-0.1, -0.05) is 40.2 Å². The summed E-state index contributed by atoms with van der Waals surface area (Å²) in [7, 11) is 0. The summed E-state index contributed by atoms with van der Waals surface area (Å²) in [6.07, 6.45) is 0.273. The molecular formula is C15H12BrFO2. The van der Waals surface area contributed by atoms with Crippen LogP contribution in [0.4, 0.5) is 4.39 Å². The van der Waals surface area contributed by atoms with Gasteiger partial charge in [-0.2, -0.15) is 0 Å². The fraction of sp³-hybridized carbons (Fsp3) is 0.133. The fourth-order valence-corrected chi connectivity index (χ4v) is 2.21. The predicted molar refractivity (Wildman–Crippen MR) is 74.6 cm³/mol. The number of halogens is 2. The van der Waals surface area contributed by atoms with E-state index in [1.165, 1.54) is 12.1 Å². The Balaban J connectivity index is 2.26. The Bertz CT molecular complexity index is 581. The minimum Gasteiger partial charge on any atom is -0.481 e. The van der Waals surface area contributed by atoms with Crippen LogP contribution < -0.4 is 0 Å². The van der Waals surface area contributed by atoms with Crippen LogP contribution in [-0.4, -0.2) is 11.1 Å². The largest absolute Gasteiger partial charge is 0.481 e. The molecule has 1 unspecified atom stereocenters. The number of carboxylic acids is 1. The maximum Gasteiger partial charge on any atom is 0.311 e. The lowest BCUT2D eigenvalue weighted by atomic mass is 9.92. The first-order valence-electron chi connectivity index (χ1n) is 5.79. The SMILES string of the molecule is O=C(O)C(Cc1cccc(F)c1)c1ccc(Br)cc1. The second-order valence-electron chi connectivity index (χ2n) is 4.28. The van der Waals surface area contributed by atoms with Crippen LogP contribution in [0.2, 0.25) is 0 Å². The Morgan fingerprint density at radius 2 is 1.89 bits per heavy atom. The summed E-state index contributed by atoms with van der Waals surface area (Å²) in [5.74, 6) is -1.93. The lowest BCUT2D eigenvalue weighted by molar-refractivity contribution is -0.138. The molecule has 2 aromatic rings. The smallest absolute Gasteiger partial charge is 0.311 e. The van der Waals surface area contributed by atoms with Crippen molar-refractivity contribution in [3.05, 3.63) is 69.9 Å². The molecule has 1 atom stereocenters. The van der Waals surface area contributed by atoms with E-state index in [1.807, 2.05) is 0 Å². The zero-order chi connectivity index (χ0) is 13.8. The van der Waals surface area contributed by atoms with Gasteiger partial charge < -0.3 is 5.11 Å². The van der Waals surface area contributed by atoms with E-state index in [-0.39, 0.29) is 12.2 Å². The van der Waals surface area contributed by atoms with Crippen molar-refractivity contribution in [2.75, 3.05) is 0 Å². The molecule has 0 bridgehead atoms. The van der Waals surface area contributed by atoms with Crippen molar-refractivity contribution < 1.29 is 14.3 Å². The molecule has 19 heavy (non-hydrogen) atoms. The average molecular weight is 323 g/mol. The van der Waals surface area contributed by atoms with Gasteiger partial charge in [-0.25, -0.2) is 4.39 Å². The lowest BCUT2D eigenvalue weighted by Gasteiger charge is -2.13. The molecular weight excluding hydrogens is 311 g/mol. The number of aliphatic carboxylic acids is 1. The molecule has 0 heterocycles. The minimum absolute atomic E-state index is 0.273. The van der Waals surface area contributed by atoms with Gasteiger partial charge in [0.15, 0.2) is 0 Å². The van der Waals surface area contributed by atoms with Crippen LogP contribution in [-0.2, 0) is 11.2 Å². The third kappa shape index (κ3) is 3.64. The molecule has 0 aliphatic carbocycles. The highest BCUT2D eigenvalue weighted by Crippen LogP contribution is 2.23. The molecule has 0 radical (unpaired) electrons. The standard InChI is InChI=1S/C15H12BrFO2/c16-12-6-4-11(5-7-12)14(15(18)19)9-10-2-1-3-13(17)8-10/h1-8,14H,9H2,(H,18,19). The molecule has 0 aliphatic rings. The zero-order valence-electron chi connectivity index (χ0n) is 10.0. The van der Waals surface area contributed by atoms with Crippen LogP contribution in [0.15, 0.2) is 53.0 Å². The van der Waals surface area contributed by atoms with Gasteiger partial charge in [0.05, 0.1) is 5.92 Å². The Morgan fingerprint density at radius 3 is 2.47 bits per heavy atom. The minimum atomic E-state index is -0.911. The van der Waals surface area contributed by atoms with Crippen molar-refractivity contribution in [1.82, 2.24) is 0 Å². The summed E-state index contributed by atoms with van der Waals surface area (Å²) in [5, 5.41) is 9.32. The van der Waals surface area contributed by atoms with E-state index in [1.54, 1.807) is 36.4 Å². The van der Waals surface area contributed by atoms with Crippen molar-refractivity contribution in [2.24, 2.45) is 0 Å². The highest BCUT2D eigenvalue weighted by atomic mass is 79.9. The van der Waals surface area contributed by atoms with Gasteiger partial charge in [-0.15, -0.1) is 0 Å². The lowest BCUT2D eigenvalue weighted by Crippen LogP contribution is -2.14. The molecule has 2 rings (SSSR count). The third-order valence-electron chi connectivity index (χ3n) is 2.90. The van der Waals surface area contributed by atoms with Gasteiger partial charge in [0.25, 0.3) is 0 Å². The van der Waals surface area contributed by atoms with Gasteiger partial charge in [0.2, 0.25) is 0 Å². The van der Waals surface area contributed by atoms with Crippen LogP contribution in [0.3, 0.4) is 0 Å². The van der Waals surface area contributed by atoms with E-state index >= 15 is 0 Å². The molecule has 98 valence electrons. The van der Waals surface area contributed by atoms with E-state index in [2.05, 4.69) is 15.9 Å². The molecule has 0 spiro atoms. The van der Waals surface area contributed by atoms with Crippen molar-refractivity contribution >= 4 is 21.9 Å². The van der Waals surface area contributed by atoms with Crippen molar-refractivity contribution in [3.8, 4) is 0 Å². The quantitative estimate of drug-likeness (QED) is 0.923. The van der Waals surface area contributed by atoms with Gasteiger partial charge in [-0.05, 0) is 41.8 Å². The molecule has 0 fully saturated rings. The molecule has 0 aromatic heterocycles. The topological polar surface area (TPSA) is 37.3 Å².